The van der Waals surface area contributed by atoms with E-state index in [-0.39, 0.29) is 17.6 Å². The van der Waals surface area contributed by atoms with Gasteiger partial charge in [0.05, 0.1) is 17.4 Å². The Kier molecular flexibility index (Phi) is 5.22. The van der Waals surface area contributed by atoms with Crippen molar-refractivity contribution in [3.63, 3.8) is 0 Å². The van der Waals surface area contributed by atoms with Crippen LogP contribution in [0.4, 0.5) is 11.5 Å². The Morgan fingerprint density at radius 2 is 2.10 bits per heavy atom. The zero-order valence-corrected chi connectivity index (χ0v) is 16.2. The number of aromatic nitrogens is 5. The van der Waals surface area contributed by atoms with E-state index in [1.165, 1.54) is 12.8 Å². The highest BCUT2D eigenvalue weighted by atomic mass is 16.1. The molecule has 1 aliphatic carbocycles. The van der Waals surface area contributed by atoms with Crippen molar-refractivity contribution in [3.8, 4) is 0 Å². The van der Waals surface area contributed by atoms with E-state index in [0.29, 0.717) is 11.7 Å². The minimum absolute atomic E-state index is 0.0163. The van der Waals surface area contributed by atoms with Crippen LogP contribution in [0.2, 0.25) is 0 Å². The number of fused-ring (bicyclic) bond motifs is 1. The number of anilines is 2. The molecule has 0 saturated heterocycles. The third-order valence-electron chi connectivity index (χ3n) is 5.35. The summed E-state index contributed by atoms with van der Waals surface area (Å²) in [5.41, 5.74) is 13.4. The van der Waals surface area contributed by atoms with Crippen LogP contribution in [0.5, 0.6) is 0 Å². The number of rotatable bonds is 5. The lowest BCUT2D eigenvalue weighted by Gasteiger charge is -2.25. The molecule has 1 saturated carbocycles. The fourth-order valence-corrected chi connectivity index (χ4v) is 3.71. The molecule has 0 aliphatic heterocycles. The molecule has 9 nitrogen and oxygen atoms in total. The van der Waals surface area contributed by atoms with Gasteiger partial charge in [-0.05, 0) is 37.0 Å². The molecular formula is C20H24N8O. The van der Waals surface area contributed by atoms with E-state index in [4.69, 9.17) is 11.5 Å². The van der Waals surface area contributed by atoms with Gasteiger partial charge in [-0.3, -0.25) is 9.48 Å². The predicted octanol–water partition coefficient (Wildman–Crippen LogP) is 2.13. The fraction of sp³-hybridized carbons (Fsp3) is 0.350. The second-order valence-corrected chi connectivity index (χ2v) is 7.33. The van der Waals surface area contributed by atoms with Crippen LogP contribution in [0.25, 0.3) is 17.0 Å². The molecular weight excluding hydrogens is 368 g/mol. The van der Waals surface area contributed by atoms with Crippen LogP contribution in [0.3, 0.4) is 0 Å². The molecule has 0 spiro atoms. The van der Waals surface area contributed by atoms with Crippen LogP contribution in [-0.4, -0.2) is 36.9 Å². The molecule has 3 aromatic rings. The molecule has 2 heterocycles. The summed E-state index contributed by atoms with van der Waals surface area (Å²) in [4.78, 5) is 16.3. The first-order valence-electron chi connectivity index (χ1n) is 9.69. The van der Waals surface area contributed by atoms with Gasteiger partial charge in [-0.15, -0.1) is 10.2 Å². The predicted molar refractivity (Wildman–Crippen MR) is 111 cm³/mol. The Hall–Kier alpha value is -3.33. The standard InChI is InChI=1S/C20H24N8O/c1-28-16-8-4-7-15(13(16)11-23-28)24-20-18(19(22)29)27-26-17(25-20)10-9-12-5-2-3-6-14(12)21/h4,7-12,14H,2-3,5-6,21H2,1H3,(H2,22,29)(H,24,25,26). The maximum Gasteiger partial charge on any atom is 0.273 e. The zero-order chi connectivity index (χ0) is 20.4. The maximum absolute atomic E-state index is 11.8. The average molecular weight is 392 g/mol. The number of primary amides is 1. The van der Waals surface area contributed by atoms with E-state index < -0.39 is 5.91 Å². The molecule has 2 atom stereocenters. The van der Waals surface area contributed by atoms with Gasteiger partial charge in [0.1, 0.15) is 0 Å². The second-order valence-electron chi connectivity index (χ2n) is 7.33. The number of aryl methyl sites for hydroxylation is 1. The van der Waals surface area contributed by atoms with Gasteiger partial charge in [-0.25, -0.2) is 4.98 Å². The van der Waals surface area contributed by atoms with E-state index in [9.17, 15) is 4.79 Å². The van der Waals surface area contributed by atoms with Gasteiger partial charge in [0.2, 0.25) is 0 Å². The summed E-state index contributed by atoms with van der Waals surface area (Å²) in [6, 6.07) is 5.89. The van der Waals surface area contributed by atoms with Crippen LogP contribution in [-0.2, 0) is 7.05 Å². The Morgan fingerprint density at radius 3 is 2.90 bits per heavy atom. The highest BCUT2D eigenvalue weighted by Crippen LogP contribution is 2.27. The number of amides is 1. The first kappa shape index (κ1) is 19.0. The number of benzene rings is 1. The molecule has 4 rings (SSSR count). The summed E-state index contributed by atoms with van der Waals surface area (Å²) < 4.78 is 1.77. The minimum Gasteiger partial charge on any atom is -0.364 e. The van der Waals surface area contributed by atoms with Crippen molar-refractivity contribution in [1.82, 2.24) is 25.0 Å². The minimum atomic E-state index is -0.698. The van der Waals surface area contributed by atoms with E-state index in [0.717, 1.165) is 29.4 Å². The molecule has 29 heavy (non-hydrogen) atoms. The SMILES string of the molecule is Cn1ncc2c(Nc3nc(C=CC4CCCCC4N)nnc3C(N)=O)cccc21. The van der Waals surface area contributed by atoms with Gasteiger partial charge >= 0.3 is 0 Å². The van der Waals surface area contributed by atoms with Gasteiger partial charge in [0, 0.05) is 18.5 Å². The summed E-state index contributed by atoms with van der Waals surface area (Å²) in [5.74, 6) is 0.254. The van der Waals surface area contributed by atoms with Crippen molar-refractivity contribution in [2.24, 2.45) is 24.4 Å². The van der Waals surface area contributed by atoms with E-state index in [2.05, 4.69) is 25.6 Å². The number of hydrogen-bond donors (Lipinski definition) is 3. The summed E-state index contributed by atoms with van der Waals surface area (Å²) in [5, 5.41) is 16.4. The summed E-state index contributed by atoms with van der Waals surface area (Å²) in [6.07, 6.45) is 10.0. The molecule has 1 amide bonds. The van der Waals surface area contributed by atoms with Crippen molar-refractivity contribution in [2.75, 3.05) is 5.32 Å². The van der Waals surface area contributed by atoms with Gasteiger partial charge in [0.25, 0.3) is 5.91 Å². The van der Waals surface area contributed by atoms with Gasteiger partial charge in [-0.2, -0.15) is 5.10 Å². The Balaban J connectivity index is 1.66. The second kappa shape index (κ2) is 7.96. The van der Waals surface area contributed by atoms with Crippen molar-refractivity contribution in [1.29, 1.82) is 0 Å². The molecule has 1 fully saturated rings. The molecule has 9 heteroatoms. The molecule has 1 aromatic carbocycles. The average Bonchev–Trinajstić information content (AvgIpc) is 3.09. The smallest absolute Gasteiger partial charge is 0.273 e. The van der Waals surface area contributed by atoms with Crippen molar-refractivity contribution >= 4 is 34.4 Å². The first-order valence-corrected chi connectivity index (χ1v) is 9.69. The zero-order valence-electron chi connectivity index (χ0n) is 16.2. The van der Waals surface area contributed by atoms with E-state index >= 15 is 0 Å². The van der Waals surface area contributed by atoms with Crippen LogP contribution in [0.1, 0.15) is 42.0 Å². The van der Waals surface area contributed by atoms with E-state index in [1.807, 2.05) is 37.4 Å². The lowest BCUT2D eigenvalue weighted by molar-refractivity contribution is 0.0995. The maximum atomic E-state index is 11.8. The van der Waals surface area contributed by atoms with Crippen LogP contribution >= 0.6 is 0 Å². The third kappa shape index (κ3) is 3.95. The molecule has 0 radical (unpaired) electrons. The van der Waals surface area contributed by atoms with Crippen LogP contribution in [0, 0.1) is 5.92 Å². The fourth-order valence-electron chi connectivity index (χ4n) is 3.71. The number of carbonyl (C=O) groups excluding carboxylic acids is 1. The van der Waals surface area contributed by atoms with E-state index in [1.54, 1.807) is 10.9 Å². The van der Waals surface area contributed by atoms with Crippen LogP contribution in [0.15, 0.2) is 30.5 Å². The molecule has 5 N–H and O–H groups in total. The number of nitrogens with two attached hydrogens (primary N) is 2. The van der Waals surface area contributed by atoms with Crippen molar-refractivity contribution < 1.29 is 4.79 Å². The molecule has 150 valence electrons. The van der Waals surface area contributed by atoms with Gasteiger partial charge in [-0.1, -0.05) is 25.0 Å². The summed E-state index contributed by atoms with van der Waals surface area (Å²) in [6.45, 7) is 0. The summed E-state index contributed by atoms with van der Waals surface area (Å²) in [7, 11) is 1.87. The number of hydrogen-bond acceptors (Lipinski definition) is 7. The lowest BCUT2D eigenvalue weighted by Crippen LogP contribution is -2.31. The first-order chi connectivity index (χ1) is 14.0. The highest BCUT2D eigenvalue weighted by molar-refractivity contribution is 5.98. The lowest BCUT2D eigenvalue weighted by atomic mass is 9.85. The van der Waals surface area contributed by atoms with Crippen LogP contribution < -0.4 is 16.8 Å². The topological polar surface area (TPSA) is 138 Å². The van der Waals surface area contributed by atoms with Gasteiger partial charge < -0.3 is 16.8 Å². The Morgan fingerprint density at radius 1 is 1.28 bits per heavy atom. The summed E-state index contributed by atoms with van der Waals surface area (Å²) >= 11 is 0. The quantitative estimate of drug-likeness (QED) is 0.604. The number of carbonyl (C=O) groups is 1. The molecule has 2 unspecified atom stereocenters. The largest absolute Gasteiger partial charge is 0.364 e. The molecule has 2 aromatic heterocycles. The molecule has 0 bridgehead atoms. The molecule has 1 aliphatic rings. The third-order valence-corrected chi connectivity index (χ3v) is 5.35. The monoisotopic (exact) mass is 392 g/mol. The normalized spacial score (nSPS) is 19.7. The Labute approximate surface area is 168 Å². The van der Waals surface area contributed by atoms with Crippen molar-refractivity contribution in [2.45, 2.75) is 31.7 Å². The number of nitrogens with zero attached hydrogens (tertiary/aromatic N) is 5. The number of nitrogens with one attached hydrogen (secondary N) is 1. The highest BCUT2D eigenvalue weighted by Gasteiger charge is 2.20. The van der Waals surface area contributed by atoms with Crippen molar-refractivity contribution in [3.05, 3.63) is 42.0 Å². The van der Waals surface area contributed by atoms with Gasteiger partial charge in [0.15, 0.2) is 17.3 Å². The Bertz CT molecular complexity index is 1070.